The fraction of sp³-hybridized carbons (Fsp3) is 0.733. The fourth-order valence-electron chi connectivity index (χ4n) is 3.47. The fourth-order valence-corrected chi connectivity index (χ4v) is 3.47. The summed E-state index contributed by atoms with van der Waals surface area (Å²) < 4.78 is 0. The van der Waals surface area contributed by atoms with Crippen molar-refractivity contribution < 1.29 is 4.79 Å². The van der Waals surface area contributed by atoms with Gasteiger partial charge in [-0.2, -0.15) is 0 Å². The Balaban J connectivity index is 2.45. The summed E-state index contributed by atoms with van der Waals surface area (Å²) in [6.07, 6.45) is 7.04. The van der Waals surface area contributed by atoms with Crippen LogP contribution in [0, 0.1) is 5.41 Å². The third kappa shape index (κ3) is 2.09. The van der Waals surface area contributed by atoms with Gasteiger partial charge in [-0.05, 0) is 26.2 Å². The molecule has 0 aromatic rings. The van der Waals surface area contributed by atoms with Crippen LogP contribution in [0.25, 0.3) is 0 Å². The van der Waals surface area contributed by atoms with Gasteiger partial charge >= 0.3 is 0 Å². The molecule has 5 nitrogen and oxygen atoms in total. The zero-order valence-corrected chi connectivity index (χ0v) is 13.0. The second-order valence-corrected chi connectivity index (χ2v) is 5.97. The van der Waals surface area contributed by atoms with E-state index in [0.717, 1.165) is 19.3 Å². The molecule has 1 aliphatic carbocycles. The Morgan fingerprint density at radius 1 is 1.45 bits per heavy atom. The third-order valence-corrected chi connectivity index (χ3v) is 4.80. The van der Waals surface area contributed by atoms with Gasteiger partial charge in [0.1, 0.15) is 17.1 Å². The molecule has 1 saturated carbocycles. The zero-order chi connectivity index (χ0) is 14.9. The van der Waals surface area contributed by atoms with E-state index in [1.54, 1.807) is 25.2 Å². The lowest BCUT2D eigenvalue weighted by molar-refractivity contribution is -0.141. The molecule has 5 heteroatoms. The number of rotatable bonds is 3. The number of hydrogen-bond donors (Lipinski definition) is 2. The maximum Gasteiger partial charge on any atom is 0.252 e. The molecule has 1 heterocycles. The van der Waals surface area contributed by atoms with Crippen molar-refractivity contribution in [3.8, 4) is 0 Å². The predicted octanol–water partition coefficient (Wildman–Crippen LogP) is 1.91. The van der Waals surface area contributed by atoms with Gasteiger partial charge in [0.15, 0.2) is 0 Å². The van der Waals surface area contributed by atoms with Crippen molar-refractivity contribution in [2.24, 2.45) is 0 Å². The van der Waals surface area contributed by atoms with Gasteiger partial charge in [-0.1, -0.05) is 19.8 Å². The smallest absolute Gasteiger partial charge is 0.252 e. The molecule has 2 rings (SSSR count). The van der Waals surface area contributed by atoms with Crippen LogP contribution < -0.4 is 5.32 Å². The molecule has 112 valence electrons. The molecular weight excluding hydrogens is 252 g/mol. The zero-order valence-electron chi connectivity index (χ0n) is 13.0. The first kappa shape index (κ1) is 14.9. The molecule has 0 unspecified atom stereocenters. The molecule has 2 aliphatic rings. The summed E-state index contributed by atoms with van der Waals surface area (Å²) in [5.41, 5.74) is 0.0710. The lowest BCUT2D eigenvalue weighted by atomic mass is 9.88. The van der Waals surface area contributed by atoms with Crippen molar-refractivity contribution >= 4 is 11.7 Å². The van der Waals surface area contributed by atoms with Crippen LogP contribution in [0.5, 0.6) is 0 Å². The first-order chi connectivity index (χ1) is 9.47. The topological polar surface area (TPSA) is 59.4 Å². The highest BCUT2D eigenvalue weighted by Gasteiger charge is 2.50. The van der Waals surface area contributed by atoms with Crippen LogP contribution in [0.15, 0.2) is 11.9 Å². The molecule has 1 saturated heterocycles. The van der Waals surface area contributed by atoms with E-state index in [1.807, 2.05) is 13.8 Å². The molecule has 20 heavy (non-hydrogen) atoms. The minimum absolute atomic E-state index is 0.0874. The van der Waals surface area contributed by atoms with Gasteiger partial charge in [0, 0.05) is 26.3 Å². The van der Waals surface area contributed by atoms with Gasteiger partial charge in [0.2, 0.25) is 0 Å². The second kappa shape index (κ2) is 5.46. The van der Waals surface area contributed by atoms with Gasteiger partial charge < -0.3 is 15.1 Å². The van der Waals surface area contributed by atoms with Crippen LogP contribution in [-0.4, -0.2) is 47.2 Å². The third-order valence-electron chi connectivity index (χ3n) is 4.80. The molecule has 0 aromatic carbocycles. The van der Waals surface area contributed by atoms with E-state index in [9.17, 15) is 4.79 Å². The Kier molecular flexibility index (Phi) is 4.06. The summed E-state index contributed by atoms with van der Waals surface area (Å²) in [6, 6.07) is 0.324. The van der Waals surface area contributed by atoms with E-state index in [0.29, 0.717) is 17.6 Å². The van der Waals surface area contributed by atoms with Gasteiger partial charge in [-0.3, -0.25) is 10.2 Å². The summed E-state index contributed by atoms with van der Waals surface area (Å²) in [4.78, 5) is 16.5. The van der Waals surface area contributed by atoms with Gasteiger partial charge in [0.25, 0.3) is 5.91 Å². The van der Waals surface area contributed by atoms with E-state index in [2.05, 4.69) is 10.2 Å². The van der Waals surface area contributed by atoms with Gasteiger partial charge in [-0.15, -0.1) is 0 Å². The Labute approximate surface area is 121 Å². The Morgan fingerprint density at radius 2 is 2.05 bits per heavy atom. The average Bonchev–Trinajstić information content (AvgIpc) is 2.95. The number of carbonyl (C=O) groups is 1. The summed E-state index contributed by atoms with van der Waals surface area (Å²) in [5, 5.41) is 11.5. The molecule has 2 N–H and O–H groups in total. The lowest BCUT2D eigenvalue weighted by Crippen LogP contribution is -2.66. The maximum atomic E-state index is 12.8. The number of nitrogens with one attached hydrogen (secondary N) is 2. The molecular formula is C15H26N4O. The number of carbonyl (C=O) groups excluding carboxylic acids is 1. The minimum Gasteiger partial charge on any atom is -0.392 e. The monoisotopic (exact) mass is 278 g/mol. The van der Waals surface area contributed by atoms with Crippen molar-refractivity contribution in [2.75, 3.05) is 14.1 Å². The van der Waals surface area contributed by atoms with Gasteiger partial charge in [0.05, 0.1) is 0 Å². The molecule has 2 fully saturated rings. The summed E-state index contributed by atoms with van der Waals surface area (Å²) in [5.74, 6) is 0.558. The largest absolute Gasteiger partial charge is 0.392 e. The van der Waals surface area contributed by atoms with Crippen LogP contribution >= 0.6 is 0 Å². The molecule has 1 atom stereocenters. The maximum absolute atomic E-state index is 12.8. The number of amidine groups is 1. The van der Waals surface area contributed by atoms with Crippen LogP contribution in [0.2, 0.25) is 0 Å². The Bertz CT molecular complexity index is 439. The quantitative estimate of drug-likeness (QED) is 0.829. The first-order valence-electron chi connectivity index (χ1n) is 7.51. The second-order valence-electron chi connectivity index (χ2n) is 5.97. The van der Waals surface area contributed by atoms with Crippen LogP contribution in [0.4, 0.5) is 0 Å². The number of amides is 1. The van der Waals surface area contributed by atoms with Crippen LogP contribution in [-0.2, 0) is 4.79 Å². The SMILES string of the molecule is CC[C@]1(C)C(=O)N(C)/C(=C/NC)C(=N)N1C1CCCC1. The number of piperazine rings is 1. The highest BCUT2D eigenvalue weighted by molar-refractivity contribution is 6.07. The predicted molar refractivity (Wildman–Crippen MR) is 80.4 cm³/mol. The van der Waals surface area contributed by atoms with Crippen molar-refractivity contribution in [3.63, 3.8) is 0 Å². The van der Waals surface area contributed by atoms with Gasteiger partial charge in [-0.25, -0.2) is 0 Å². The summed E-state index contributed by atoms with van der Waals surface area (Å²) >= 11 is 0. The number of hydrogen-bond acceptors (Lipinski definition) is 3. The molecule has 1 aliphatic heterocycles. The normalized spacial score (nSPS) is 30.5. The van der Waals surface area contributed by atoms with Crippen molar-refractivity contribution in [2.45, 2.75) is 57.5 Å². The molecule has 0 radical (unpaired) electrons. The highest BCUT2D eigenvalue weighted by atomic mass is 16.2. The van der Waals surface area contributed by atoms with Crippen molar-refractivity contribution in [3.05, 3.63) is 11.9 Å². The van der Waals surface area contributed by atoms with E-state index in [-0.39, 0.29) is 5.91 Å². The summed E-state index contributed by atoms with van der Waals surface area (Å²) in [6.45, 7) is 4.02. The average molecular weight is 278 g/mol. The first-order valence-corrected chi connectivity index (χ1v) is 7.51. The van der Waals surface area contributed by atoms with E-state index >= 15 is 0 Å². The molecule has 0 bridgehead atoms. The molecule has 0 aromatic heterocycles. The van der Waals surface area contributed by atoms with E-state index in [4.69, 9.17) is 5.41 Å². The Hall–Kier alpha value is -1.52. The van der Waals surface area contributed by atoms with E-state index < -0.39 is 5.54 Å². The van der Waals surface area contributed by atoms with Crippen molar-refractivity contribution in [1.82, 2.24) is 15.1 Å². The minimum atomic E-state index is -0.591. The highest BCUT2D eigenvalue weighted by Crippen LogP contribution is 2.37. The van der Waals surface area contributed by atoms with Crippen LogP contribution in [0.3, 0.4) is 0 Å². The van der Waals surface area contributed by atoms with Crippen LogP contribution in [0.1, 0.15) is 46.0 Å². The Morgan fingerprint density at radius 3 is 2.55 bits per heavy atom. The number of nitrogens with zero attached hydrogens (tertiary/aromatic N) is 2. The molecule has 1 amide bonds. The lowest BCUT2D eigenvalue weighted by Gasteiger charge is -2.51. The molecule has 0 spiro atoms. The number of likely N-dealkylation sites (N-methyl/N-ethyl adjacent to an activating group) is 1. The summed E-state index contributed by atoms with van der Waals surface area (Å²) in [7, 11) is 3.56. The standard InChI is InChI=1S/C15H26N4O/c1-5-15(2)14(20)18(4)12(10-17-3)13(16)19(15)11-8-6-7-9-11/h10-11,16-17H,5-9H2,1-4H3/b12-10+,16-13?/t15-/m1/s1. The van der Waals surface area contributed by atoms with E-state index in [1.165, 1.54) is 12.8 Å². The van der Waals surface area contributed by atoms with Crippen molar-refractivity contribution in [1.29, 1.82) is 5.41 Å².